The van der Waals surface area contributed by atoms with E-state index in [-0.39, 0.29) is 24.5 Å². The molecule has 0 aliphatic heterocycles. The molecule has 0 spiro atoms. The second-order valence-corrected chi connectivity index (χ2v) is 6.53. The van der Waals surface area contributed by atoms with Gasteiger partial charge in [0.15, 0.2) is 12.4 Å². The Bertz CT molecular complexity index is 740. The molecule has 2 heterocycles. The van der Waals surface area contributed by atoms with Crippen LogP contribution in [0, 0.1) is 0 Å². The molecule has 2 aromatic heterocycles. The summed E-state index contributed by atoms with van der Waals surface area (Å²) >= 11 is 0. The van der Waals surface area contributed by atoms with Gasteiger partial charge < -0.3 is 10.1 Å². The average molecular weight is 358 g/mol. The second-order valence-electron chi connectivity index (χ2n) is 6.53. The molecule has 1 N–H and O–H groups in total. The SMILES string of the molecule is CCCC(C)NC(=O)COC(=O)c1cnn(-c2ccccn2)c1C(C)C. The van der Waals surface area contributed by atoms with Crippen LogP contribution < -0.4 is 5.32 Å². The quantitative estimate of drug-likeness (QED) is 0.733. The minimum absolute atomic E-state index is 0.0282. The van der Waals surface area contributed by atoms with Gasteiger partial charge in [-0.05, 0) is 31.4 Å². The number of ether oxygens (including phenoxy) is 1. The maximum Gasteiger partial charge on any atom is 0.342 e. The monoisotopic (exact) mass is 358 g/mol. The number of nitrogens with zero attached hydrogens (tertiary/aromatic N) is 3. The van der Waals surface area contributed by atoms with E-state index in [2.05, 4.69) is 22.3 Å². The summed E-state index contributed by atoms with van der Waals surface area (Å²) in [6.45, 7) is 7.60. The molecule has 140 valence electrons. The largest absolute Gasteiger partial charge is 0.452 e. The lowest BCUT2D eigenvalue weighted by Gasteiger charge is -2.14. The summed E-state index contributed by atoms with van der Waals surface area (Å²) in [5.41, 5.74) is 1.05. The molecular formula is C19H26N4O3. The van der Waals surface area contributed by atoms with Gasteiger partial charge in [0.25, 0.3) is 5.91 Å². The van der Waals surface area contributed by atoms with Gasteiger partial charge in [0.1, 0.15) is 5.56 Å². The van der Waals surface area contributed by atoms with Crippen molar-refractivity contribution in [2.45, 2.75) is 52.5 Å². The Morgan fingerprint density at radius 2 is 2.04 bits per heavy atom. The Labute approximate surface area is 153 Å². The summed E-state index contributed by atoms with van der Waals surface area (Å²) in [5, 5.41) is 7.09. The van der Waals surface area contributed by atoms with E-state index in [1.807, 2.05) is 39.0 Å². The smallest absolute Gasteiger partial charge is 0.342 e. The molecule has 0 aliphatic carbocycles. The molecular weight excluding hydrogens is 332 g/mol. The zero-order valence-corrected chi connectivity index (χ0v) is 15.7. The highest BCUT2D eigenvalue weighted by molar-refractivity contribution is 5.92. The molecule has 0 saturated heterocycles. The molecule has 0 saturated carbocycles. The number of esters is 1. The number of pyridine rings is 1. The van der Waals surface area contributed by atoms with Crippen LogP contribution in [0.3, 0.4) is 0 Å². The number of amides is 1. The zero-order chi connectivity index (χ0) is 19.1. The van der Waals surface area contributed by atoms with Gasteiger partial charge in [-0.15, -0.1) is 0 Å². The normalized spacial score (nSPS) is 12.0. The molecule has 0 aromatic carbocycles. The van der Waals surface area contributed by atoms with Crippen LogP contribution in [-0.4, -0.2) is 39.3 Å². The lowest BCUT2D eigenvalue weighted by atomic mass is 10.1. The fraction of sp³-hybridized carbons (Fsp3) is 0.474. The van der Waals surface area contributed by atoms with Crippen LogP contribution >= 0.6 is 0 Å². The molecule has 0 aliphatic rings. The number of nitrogens with one attached hydrogen (secondary N) is 1. The average Bonchev–Trinajstić information content (AvgIpc) is 3.06. The molecule has 1 amide bonds. The molecule has 2 aromatic rings. The third kappa shape index (κ3) is 4.91. The molecule has 26 heavy (non-hydrogen) atoms. The highest BCUT2D eigenvalue weighted by atomic mass is 16.5. The standard InChI is InChI=1S/C19H26N4O3/c1-5-8-14(4)22-17(24)12-26-19(25)15-11-21-23(18(15)13(2)3)16-9-6-7-10-20-16/h6-7,9-11,13-14H,5,8,12H2,1-4H3,(H,22,24). The first-order valence-electron chi connectivity index (χ1n) is 8.89. The maximum absolute atomic E-state index is 12.5. The van der Waals surface area contributed by atoms with Gasteiger partial charge in [0.2, 0.25) is 0 Å². The van der Waals surface area contributed by atoms with Crippen LogP contribution in [-0.2, 0) is 9.53 Å². The maximum atomic E-state index is 12.5. The summed E-state index contributed by atoms with van der Waals surface area (Å²) in [6, 6.07) is 5.55. The summed E-state index contributed by atoms with van der Waals surface area (Å²) in [6.07, 6.45) is 4.99. The van der Waals surface area contributed by atoms with Crippen molar-refractivity contribution < 1.29 is 14.3 Å². The number of carbonyl (C=O) groups excluding carboxylic acids is 2. The van der Waals surface area contributed by atoms with Gasteiger partial charge in [-0.25, -0.2) is 14.5 Å². The third-order valence-corrected chi connectivity index (χ3v) is 3.90. The summed E-state index contributed by atoms with van der Waals surface area (Å²) in [5.74, 6) is -0.210. The van der Waals surface area contributed by atoms with Crippen molar-refractivity contribution in [1.82, 2.24) is 20.1 Å². The van der Waals surface area contributed by atoms with Crippen molar-refractivity contribution in [1.29, 1.82) is 0 Å². The second kappa shape index (κ2) is 9.12. The lowest BCUT2D eigenvalue weighted by Crippen LogP contribution is -2.35. The molecule has 0 bridgehead atoms. The molecule has 0 radical (unpaired) electrons. The zero-order valence-electron chi connectivity index (χ0n) is 15.7. The van der Waals surface area contributed by atoms with Crippen molar-refractivity contribution in [2.75, 3.05) is 6.61 Å². The Morgan fingerprint density at radius 3 is 2.65 bits per heavy atom. The summed E-state index contributed by atoms with van der Waals surface area (Å²) < 4.78 is 6.81. The Kier molecular flexibility index (Phi) is 6.89. The highest BCUT2D eigenvalue weighted by Gasteiger charge is 2.23. The Balaban J connectivity index is 2.10. The third-order valence-electron chi connectivity index (χ3n) is 3.90. The number of hydrogen-bond donors (Lipinski definition) is 1. The topological polar surface area (TPSA) is 86.1 Å². The van der Waals surface area contributed by atoms with Crippen LogP contribution in [0.2, 0.25) is 0 Å². The van der Waals surface area contributed by atoms with E-state index in [1.165, 1.54) is 6.20 Å². The van der Waals surface area contributed by atoms with Crippen LogP contribution in [0.1, 0.15) is 62.5 Å². The number of hydrogen-bond acceptors (Lipinski definition) is 5. The van der Waals surface area contributed by atoms with Crippen molar-refractivity contribution >= 4 is 11.9 Å². The van der Waals surface area contributed by atoms with Gasteiger partial charge in [-0.1, -0.05) is 33.3 Å². The van der Waals surface area contributed by atoms with E-state index >= 15 is 0 Å². The fourth-order valence-electron chi connectivity index (χ4n) is 2.76. The highest BCUT2D eigenvalue weighted by Crippen LogP contribution is 2.22. The van der Waals surface area contributed by atoms with Crippen LogP contribution in [0.4, 0.5) is 0 Å². The first-order chi connectivity index (χ1) is 12.4. The van der Waals surface area contributed by atoms with E-state index in [0.29, 0.717) is 17.1 Å². The van der Waals surface area contributed by atoms with Gasteiger partial charge in [0, 0.05) is 12.2 Å². The number of aromatic nitrogens is 3. The van der Waals surface area contributed by atoms with E-state index in [9.17, 15) is 9.59 Å². The van der Waals surface area contributed by atoms with Gasteiger partial charge in [-0.2, -0.15) is 5.10 Å². The van der Waals surface area contributed by atoms with Gasteiger partial charge in [-0.3, -0.25) is 4.79 Å². The summed E-state index contributed by atoms with van der Waals surface area (Å²) in [7, 11) is 0. The van der Waals surface area contributed by atoms with E-state index in [1.54, 1.807) is 10.9 Å². The van der Waals surface area contributed by atoms with Crippen molar-refractivity contribution in [2.24, 2.45) is 0 Å². The van der Waals surface area contributed by atoms with E-state index in [0.717, 1.165) is 12.8 Å². The van der Waals surface area contributed by atoms with Crippen LogP contribution in [0.15, 0.2) is 30.6 Å². The van der Waals surface area contributed by atoms with Gasteiger partial charge in [0.05, 0.1) is 11.9 Å². The van der Waals surface area contributed by atoms with Crippen LogP contribution in [0.5, 0.6) is 0 Å². The minimum Gasteiger partial charge on any atom is -0.452 e. The molecule has 2 rings (SSSR count). The Morgan fingerprint density at radius 1 is 1.27 bits per heavy atom. The number of carbonyl (C=O) groups is 2. The predicted molar refractivity (Wildman–Crippen MR) is 98.2 cm³/mol. The number of rotatable bonds is 8. The predicted octanol–water partition coefficient (Wildman–Crippen LogP) is 2.85. The molecule has 0 fully saturated rings. The molecule has 7 heteroatoms. The molecule has 1 unspecified atom stereocenters. The van der Waals surface area contributed by atoms with Gasteiger partial charge >= 0.3 is 5.97 Å². The van der Waals surface area contributed by atoms with E-state index < -0.39 is 5.97 Å². The molecule has 1 atom stereocenters. The van der Waals surface area contributed by atoms with Crippen LogP contribution in [0.25, 0.3) is 5.82 Å². The fourth-order valence-corrected chi connectivity index (χ4v) is 2.76. The first kappa shape index (κ1) is 19.6. The van der Waals surface area contributed by atoms with Crippen molar-refractivity contribution in [3.63, 3.8) is 0 Å². The lowest BCUT2D eigenvalue weighted by molar-refractivity contribution is -0.124. The Hall–Kier alpha value is -2.70. The first-order valence-corrected chi connectivity index (χ1v) is 8.89. The molecule has 7 nitrogen and oxygen atoms in total. The summed E-state index contributed by atoms with van der Waals surface area (Å²) in [4.78, 5) is 28.6. The van der Waals surface area contributed by atoms with Crippen molar-refractivity contribution in [3.8, 4) is 5.82 Å². The van der Waals surface area contributed by atoms with E-state index in [4.69, 9.17) is 4.74 Å². The minimum atomic E-state index is -0.561. The van der Waals surface area contributed by atoms with Crippen molar-refractivity contribution in [3.05, 3.63) is 41.9 Å².